The zero-order chi connectivity index (χ0) is 9.68. The Morgan fingerprint density at radius 3 is 3.00 bits per heavy atom. The van der Waals surface area contributed by atoms with Gasteiger partial charge in [-0.2, -0.15) is 0 Å². The van der Waals surface area contributed by atoms with E-state index in [2.05, 4.69) is 33.2 Å². The van der Waals surface area contributed by atoms with Gasteiger partial charge in [0, 0.05) is 23.7 Å². The van der Waals surface area contributed by atoms with E-state index in [1.54, 1.807) is 18.4 Å². The van der Waals surface area contributed by atoms with Crippen molar-refractivity contribution in [3.8, 4) is 0 Å². The molecular weight excluding hydrogens is 250 g/mol. The maximum Gasteiger partial charge on any atom is 0.0940 e. The van der Waals surface area contributed by atoms with E-state index in [-0.39, 0.29) is 0 Å². The summed E-state index contributed by atoms with van der Waals surface area (Å²) in [6, 6.07) is 0. The molecule has 2 nitrogen and oxygen atoms in total. The molecule has 0 aliphatic rings. The fourth-order valence-electron chi connectivity index (χ4n) is 1.03. The standard InChI is InChI=1S/C9H14BrNOS/c1-3-8-6-13-9(11-8)4-7(10)5-12-2/h6-7H,3-5H2,1-2H3. The molecule has 1 aromatic rings. The van der Waals surface area contributed by atoms with Gasteiger partial charge < -0.3 is 4.74 Å². The van der Waals surface area contributed by atoms with Crippen LogP contribution in [0.15, 0.2) is 5.38 Å². The number of aryl methyl sites for hydroxylation is 1. The van der Waals surface area contributed by atoms with Gasteiger partial charge in [-0.05, 0) is 6.42 Å². The summed E-state index contributed by atoms with van der Waals surface area (Å²) in [7, 11) is 1.72. The van der Waals surface area contributed by atoms with Crippen LogP contribution in [0.1, 0.15) is 17.6 Å². The predicted octanol–water partition coefficient (Wildman–Crippen LogP) is 2.66. The fraction of sp³-hybridized carbons (Fsp3) is 0.667. The van der Waals surface area contributed by atoms with Gasteiger partial charge in [-0.3, -0.25) is 0 Å². The first-order chi connectivity index (χ1) is 6.26. The summed E-state index contributed by atoms with van der Waals surface area (Å²) >= 11 is 5.28. The van der Waals surface area contributed by atoms with E-state index >= 15 is 0 Å². The van der Waals surface area contributed by atoms with Crippen molar-refractivity contribution in [2.24, 2.45) is 0 Å². The van der Waals surface area contributed by atoms with Crippen molar-refractivity contribution in [1.29, 1.82) is 0 Å². The van der Waals surface area contributed by atoms with Crippen LogP contribution in [-0.4, -0.2) is 23.5 Å². The second kappa shape index (κ2) is 5.73. The fourth-order valence-corrected chi connectivity index (χ4v) is 2.78. The van der Waals surface area contributed by atoms with E-state index in [0.29, 0.717) is 4.83 Å². The second-order valence-electron chi connectivity index (χ2n) is 2.84. The summed E-state index contributed by atoms with van der Waals surface area (Å²) < 4.78 is 5.04. The van der Waals surface area contributed by atoms with Gasteiger partial charge in [-0.15, -0.1) is 11.3 Å². The Hall–Kier alpha value is 0.0700. The minimum absolute atomic E-state index is 0.383. The van der Waals surface area contributed by atoms with Gasteiger partial charge >= 0.3 is 0 Å². The molecule has 0 radical (unpaired) electrons. The lowest BCUT2D eigenvalue weighted by atomic mass is 10.3. The van der Waals surface area contributed by atoms with Crippen LogP contribution in [0.3, 0.4) is 0 Å². The Bertz CT molecular complexity index is 252. The number of methoxy groups -OCH3 is 1. The number of ether oxygens (including phenoxy) is 1. The first kappa shape index (κ1) is 11.1. The Morgan fingerprint density at radius 1 is 1.69 bits per heavy atom. The number of nitrogens with zero attached hydrogens (tertiary/aromatic N) is 1. The first-order valence-corrected chi connectivity index (χ1v) is 6.12. The SMILES string of the molecule is CCc1csc(CC(Br)COC)n1. The highest BCUT2D eigenvalue weighted by molar-refractivity contribution is 9.09. The molecule has 0 saturated heterocycles. The molecule has 0 aliphatic carbocycles. The lowest BCUT2D eigenvalue weighted by molar-refractivity contribution is 0.200. The summed E-state index contributed by atoms with van der Waals surface area (Å²) in [5.41, 5.74) is 1.19. The highest BCUT2D eigenvalue weighted by Crippen LogP contribution is 2.15. The first-order valence-electron chi connectivity index (χ1n) is 4.32. The third-order valence-electron chi connectivity index (χ3n) is 1.71. The molecule has 1 unspecified atom stereocenters. The minimum Gasteiger partial charge on any atom is -0.384 e. The van der Waals surface area contributed by atoms with Crippen molar-refractivity contribution in [3.63, 3.8) is 0 Å². The molecule has 1 heterocycles. The number of hydrogen-bond donors (Lipinski definition) is 0. The average molecular weight is 264 g/mol. The summed E-state index contributed by atoms with van der Waals surface area (Å²) in [5, 5.41) is 3.32. The molecule has 0 amide bonds. The highest BCUT2D eigenvalue weighted by Gasteiger charge is 2.07. The molecule has 1 aromatic heterocycles. The minimum atomic E-state index is 0.383. The Kier molecular flexibility index (Phi) is 4.91. The van der Waals surface area contributed by atoms with Gasteiger partial charge in [0.05, 0.1) is 17.3 Å². The van der Waals surface area contributed by atoms with Crippen molar-refractivity contribution in [2.45, 2.75) is 24.6 Å². The van der Waals surface area contributed by atoms with Crippen LogP contribution in [0.2, 0.25) is 0 Å². The Morgan fingerprint density at radius 2 is 2.46 bits per heavy atom. The van der Waals surface area contributed by atoms with E-state index in [9.17, 15) is 0 Å². The largest absolute Gasteiger partial charge is 0.384 e. The van der Waals surface area contributed by atoms with E-state index in [1.807, 2.05) is 0 Å². The Labute approximate surface area is 91.5 Å². The van der Waals surface area contributed by atoms with Crippen molar-refractivity contribution >= 4 is 27.3 Å². The van der Waals surface area contributed by atoms with E-state index < -0.39 is 0 Å². The van der Waals surface area contributed by atoms with Crippen LogP contribution in [0.4, 0.5) is 0 Å². The maximum atomic E-state index is 5.04. The zero-order valence-electron chi connectivity index (χ0n) is 7.92. The molecule has 0 saturated carbocycles. The molecule has 0 fully saturated rings. The van der Waals surface area contributed by atoms with Gasteiger partial charge in [0.1, 0.15) is 0 Å². The quantitative estimate of drug-likeness (QED) is 0.763. The van der Waals surface area contributed by atoms with Crippen LogP contribution in [0.5, 0.6) is 0 Å². The summed E-state index contributed by atoms with van der Waals surface area (Å²) in [4.78, 5) is 4.87. The lowest BCUT2D eigenvalue weighted by Gasteiger charge is -2.04. The van der Waals surface area contributed by atoms with Crippen LogP contribution >= 0.6 is 27.3 Å². The van der Waals surface area contributed by atoms with Gasteiger partial charge in [0.15, 0.2) is 0 Å². The summed E-state index contributed by atoms with van der Waals surface area (Å²) in [6.45, 7) is 2.86. The third-order valence-corrected chi connectivity index (χ3v) is 3.21. The van der Waals surface area contributed by atoms with E-state index in [0.717, 1.165) is 19.4 Å². The molecule has 0 N–H and O–H groups in total. The summed E-state index contributed by atoms with van der Waals surface area (Å²) in [5.74, 6) is 0. The molecule has 0 aromatic carbocycles. The van der Waals surface area contributed by atoms with Crippen LogP contribution in [0.25, 0.3) is 0 Å². The number of aromatic nitrogens is 1. The lowest BCUT2D eigenvalue weighted by Crippen LogP contribution is -2.09. The van der Waals surface area contributed by atoms with E-state index in [4.69, 9.17) is 4.74 Å². The van der Waals surface area contributed by atoms with Crippen LogP contribution in [-0.2, 0) is 17.6 Å². The van der Waals surface area contributed by atoms with Crippen molar-refractivity contribution in [1.82, 2.24) is 4.98 Å². The van der Waals surface area contributed by atoms with Gasteiger partial charge in [-0.1, -0.05) is 22.9 Å². The van der Waals surface area contributed by atoms with Gasteiger partial charge in [-0.25, -0.2) is 4.98 Å². The molecule has 13 heavy (non-hydrogen) atoms. The number of halogens is 1. The summed E-state index contributed by atoms with van der Waals surface area (Å²) in [6.07, 6.45) is 1.98. The molecule has 4 heteroatoms. The van der Waals surface area contributed by atoms with Crippen molar-refractivity contribution < 1.29 is 4.74 Å². The van der Waals surface area contributed by atoms with Gasteiger partial charge in [0.2, 0.25) is 0 Å². The molecule has 0 spiro atoms. The number of rotatable bonds is 5. The molecule has 1 rings (SSSR count). The molecule has 0 aliphatic heterocycles. The molecule has 0 bridgehead atoms. The smallest absolute Gasteiger partial charge is 0.0940 e. The van der Waals surface area contributed by atoms with Crippen LogP contribution in [0, 0.1) is 0 Å². The predicted molar refractivity (Wildman–Crippen MR) is 59.8 cm³/mol. The van der Waals surface area contributed by atoms with Crippen molar-refractivity contribution in [2.75, 3.05) is 13.7 Å². The molecule has 74 valence electrons. The molecular formula is C9H14BrNOS. The normalized spacial score (nSPS) is 13.2. The van der Waals surface area contributed by atoms with Crippen molar-refractivity contribution in [3.05, 3.63) is 16.1 Å². The number of alkyl halides is 1. The van der Waals surface area contributed by atoms with Crippen LogP contribution < -0.4 is 0 Å². The number of hydrogen-bond acceptors (Lipinski definition) is 3. The topological polar surface area (TPSA) is 22.1 Å². The van der Waals surface area contributed by atoms with E-state index in [1.165, 1.54) is 10.7 Å². The average Bonchev–Trinajstić information content (AvgIpc) is 2.52. The zero-order valence-corrected chi connectivity index (χ0v) is 10.3. The van der Waals surface area contributed by atoms with Gasteiger partial charge in [0.25, 0.3) is 0 Å². The third kappa shape index (κ3) is 3.75. The molecule has 1 atom stereocenters. The second-order valence-corrected chi connectivity index (χ2v) is 5.08. The Balaban J connectivity index is 2.44. The number of thiazole rings is 1. The monoisotopic (exact) mass is 263 g/mol. The highest BCUT2D eigenvalue weighted by atomic mass is 79.9. The maximum absolute atomic E-state index is 5.04.